The average Bonchev–Trinajstić information content (AvgIpc) is 3.38. The fourth-order valence-electron chi connectivity index (χ4n) is 3.20. The van der Waals surface area contributed by atoms with Crippen molar-refractivity contribution >= 4 is 17.6 Å². The largest absolute Gasteiger partial charge is 0.350 e. The highest BCUT2D eigenvalue weighted by Crippen LogP contribution is 2.23. The Kier molecular flexibility index (Phi) is 5.05. The normalized spacial score (nSPS) is 12.5. The number of nitrogens with zero attached hydrogens (tertiary/aromatic N) is 3. The molecular weight excluding hydrogens is 354 g/mol. The highest BCUT2D eigenvalue weighted by Gasteiger charge is 2.22. The number of benzene rings is 2. The van der Waals surface area contributed by atoms with Gasteiger partial charge in [-0.2, -0.15) is 5.10 Å². The van der Waals surface area contributed by atoms with Crippen molar-refractivity contribution in [2.75, 3.05) is 11.9 Å². The molecule has 3 aromatic rings. The second kappa shape index (κ2) is 7.96. The van der Waals surface area contributed by atoms with E-state index in [9.17, 15) is 9.59 Å². The summed E-state index contributed by atoms with van der Waals surface area (Å²) in [6.45, 7) is 2.33. The fourth-order valence-corrected chi connectivity index (χ4v) is 3.20. The Morgan fingerprint density at radius 1 is 0.964 bits per heavy atom. The van der Waals surface area contributed by atoms with Crippen molar-refractivity contribution in [1.82, 2.24) is 20.0 Å². The smallest absolute Gasteiger partial charge is 0.322 e. The monoisotopic (exact) mass is 375 g/mol. The van der Waals surface area contributed by atoms with E-state index in [0.717, 1.165) is 0 Å². The van der Waals surface area contributed by atoms with Crippen LogP contribution in [-0.2, 0) is 19.6 Å². The van der Waals surface area contributed by atoms with Crippen LogP contribution in [0.3, 0.4) is 0 Å². The maximum atomic E-state index is 12.5. The number of rotatable bonds is 5. The van der Waals surface area contributed by atoms with Crippen LogP contribution in [0.4, 0.5) is 10.5 Å². The molecule has 0 bridgehead atoms. The predicted molar refractivity (Wildman–Crippen MR) is 106 cm³/mol. The van der Waals surface area contributed by atoms with Crippen molar-refractivity contribution in [2.45, 2.75) is 19.6 Å². The number of carbonyl (C=O) groups excluding carboxylic acids is 2. The lowest BCUT2D eigenvalue weighted by molar-refractivity contribution is 0.0952. The molecule has 0 aliphatic carbocycles. The lowest BCUT2D eigenvalue weighted by Crippen LogP contribution is -2.30. The molecule has 142 valence electrons. The van der Waals surface area contributed by atoms with Crippen molar-refractivity contribution < 1.29 is 9.59 Å². The molecule has 3 amide bonds. The fraction of sp³-hybridized carbons (Fsp3) is 0.190. The number of urea groups is 1. The molecule has 2 N–H and O–H groups in total. The van der Waals surface area contributed by atoms with E-state index >= 15 is 0 Å². The molecule has 0 fully saturated rings. The molecule has 4 rings (SSSR count). The van der Waals surface area contributed by atoms with Gasteiger partial charge in [0.2, 0.25) is 0 Å². The molecule has 1 aromatic heterocycles. The molecule has 1 aliphatic rings. The van der Waals surface area contributed by atoms with Gasteiger partial charge in [0.05, 0.1) is 6.54 Å². The molecule has 28 heavy (non-hydrogen) atoms. The summed E-state index contributed by atoms with van der Waals surface area (Å²) in [7, 11) is 0. The van der Waals surface area contributed by atoms with E-state index in [4.69, 9.17) is 0 Å². The summed E-state index contributed by atoms with van der Waals surface area (Å²) in [5.74, 6) is -0.153. The predicted octanol–water partition coefficient (Wildman–Crippen LogP) is 2.86. The maximum absolute atomic E-state index is 12.5. The first-order valence-corrected chi connectivity index (χ1v) is 9.17. The summed E-state index contributed by atoms with van der Waals surface area (Å²) >= 11 is 0. The van der Waals surface area contributed by atoms with Crippen molar-refractivity contribution in [3.05, 3.63) is 83.7 Å². The van der Waals surface area contributed by atoms with Crippen LogP contribution in [-0.4, -0.2) is 33.2 Å². The summed E-state index contributed by atoms with van der Waals surface area (Å²) in [5, 5.41) is 9.84. The van der Waals surface area contributed by atoms with Crippen LogP contribution in [0.5, 0.6) is 0 Å². The molecule has 7 nitrogen and oxygen atoms in total. The van der Waals surface area contributed by atoms with Gasteiger partial charge in [-0.15, -0.1) is 0 Å². The molecule has 0 radical (unpaired) electrons. The van der Waals surface area contributed by atoms with Crippen LogP contribution in [0.25, 0.3) is 0 Å². The highest BCUT2D eigenvalue weighted by atomic mass is 16.2. The van der Waals surface area contributed by atoms with E-state index in [1.54, 1.807) is 40.0 Å². The molecular formula is C21H21N5O2. The minimum absolute atomic E-state index is 0.146. The van der Waals surface area contributed by atoms with Gasteiger partial charge in [0.25, 0.3) is 5.91 Å². The van der Waals surface area contributed by atoms with E-state index in [-0.39, 0.29) is 11.9 Å². The van der Waals surface area contributed by atoms with Crippen LogP contribution in [0.2, 0.25) is 0 Å². The van der Waals surface area contributed by atoms with Crippen molar-refractivity contribution in [3.63, 3.8) is 0 Å². The Bertz CT molecular complexity index is 942. The first-order chi connectivity index (χ1) is 13.7. The van der Waals surface area contributed by atoms with Gasteiger partial charge < -0.3 is 15.5 Å². The van der Waals surface area contributed by atoms with Crippen LogP contribution in [0, 0.1) is 0 Å². The molecule has 0 unspecified atom stereocenters. The highest BCUT2D eigenvalue weighted by molar-refractivity contribution is 5.95. The topological polar surface area (TPSA) is 79.3 Å². The van der Waals surface area contributed by atoms with Gasteiger partial charge in [-0.1, -0.05) is 24.3 Å². The zero-order valence-electron chi connectivity index (χ0n) is 15.3. The number of hydrogen-bond donors (Lipinski definition) is 2. The Morgan fingerprint density at radius 2 is 1.68 bits per heavy atom. The molecule has 0 atom stereocenters. The number of amides is 3. The molecule has 0 saturated carbocycles. The number of nitrogens with one attached hydrogen (secondary N) is 2. The third-order valence-corrected chi connectivity index (χ3v) is 4.71. The molecule has 1 aliphatic heterocycles. The second-order valence-electron chi connectivity index (χ2n) is 6.66. The van der Waals surface area contributed by atoms with Gasteiger partial charge in [-0.05, 0) is 41.5 Å². The van der Waals surface area contributed by atoms with Gasteiger partial charge in [0.1, 0.15) is 0 Å². The second-order valence-corrected chi connectivity index (χ2v) is 6.66. The zero-order valence-corrected chi connectivity index (χ0v) is 15.3. The van der Waals surface area contributed by atoms with Crippen LogP contribution >= 0.6 is 0 Å². The average molecular weight is 375 g/mol. The Morgan fingerprint density at radius 3 is 2.32 bits per heavy atom. The third kappa shape index (κ3) is 4.03. The van der Waals surface area contributed by atoms with Gasteiger partial charge in [-0.3, -0.25) is 9.48 Å². The summed E-state index contributed by atoms with van der Waals surface area (Å²) in [6, 6.07) is 16.6. The van der Waals surface area contributed by atoms with Gasteiger partial charge in [0.15, 0.2) is 0 Å². The first kappa shape index (κ1) is 17.8. The number of hydrogen-bond acceptors (Lipinski definition) is 3. The Labute approximate surface area is 163 Å². The van der Waals surface area contributed by atoms with Crippen LogP contribution < -0.4 is 10.6 Å². The van der Waals surface area contributed by atoms with Crippen molar-refractivity contribution in [3.8, 4) is 0 Å². The Balaban J connectivity index is 1.28. The standard InChI is InChI=1S/C21H21N5O2/c27-20(22-11-13-26-12-3-10-23-26)16-6-8-19(9-7-16)24-21(28)25-14-17-4-1-2-5-18(17)15-25/h1-10,12H,11,13-15H2,(H,22,27)(H,24,28). The molecule has 7 heteroatoms. The van der Waals surface area contributed by atoms with E-state index in [1.807, 2.05) is 36.5 Å². The van der Waals surface area contributed by atoms with Crippen LogP contribution in [0.1, 0.15) is 21.5 Å². The molecule has 2 aromatic carbocycles. The van der Waals surface area contributed by atoms with Crippen molar-refractivity contribution in [2.24, 2.45) is 0 Å². The van der Waals surface area contributed by atoms with Gasteiger partial charge >= 0.3 is 6.03 Å². The third-order valence-electron chi connectivity index (χ3n) is 4.71. The maximum Gasteiger partial charge on any atom is 0.322 e. The van der Waals surface area contributed by atoms with E-state index in [0.29, 0.717) is 37.4 Å². The van der Waals surface area contributed by atoms with E-state index in [1.165, 1.54) is 11.1 Å². The quantitative estimate of drug-likeness (QED) is 0.720. The lowest BCUT2D eigenvalue weighted by atomic mass is 10.1. The summed E-state index contributed by atoms with van der Waals surface area (Å²) in [5.41, 5.74) is 3.57. The van der Waals surface area contributed by atoms with Crippen LogP contribution in [0.15, 0.2) is 67.0 Å². The SMILES string of the molecule is O=C(NCCn1cccn1)c1ccc(NC(=O)N2Cc3ccccc3C2)cc1. The molecule has 2 heterocycles. The van der Waals surface area contributed by atoms with Gasteiger partial charge in [-0.25, -0.2) is 4.79 Å². The van der Waals surface area contributed by atoms with E-state index < -0.39 is 0 Å². The Hall–Kier alpha value is -3.61. The summed E-state index contributed by atoms with van der Waals surface area (Å²) < 4.78 is 1.76. The van der Waals surface area contributed by atoms with Crippen molar-refractivity contribution in [1.29, 1.82) is 0 Å². The summed E-state index contributed by atoms with van der Waals surface area (Å²) in [4.78, 5) is 26.5. The zero-order chi connectivity index (χ0) is 19.3. The minimum Gasteiger partial charge on any atom is -0.350 e. The van der Waals surface area contributed by atoms with Gasteiger partial charge in [0, 0.05) is 43.3 Å². The summed E-state index contributed by atoms with van der Waals surface area (Å²) in [6.07, 6.45) is 3.55. The first-order valence-electron chi connectivity index (χ1n) is 9.17. The number of carbonyl (C=O) groups is 2. The molecule has 0 spiro atoms. The number of fused-ring (bicyclic) bond motifs is 1. The lowest BCUT2D eigenvalue weighted by Gasteiger charge is -2.16. The molecule has 0 saturated heterocycles. The number of aromatic nitrogens is 2. The minimum atomic E-state index is -0.153. The number of anilines is 1. The van der Waals surface area contributed by atoms with E-state index in [2.05, 4.69) is 15.7 Å².